The lowest BCUT2D eigenvalue weighted by Gasteiger charge is -2.11. The van der Waals surface area contributed by atoms with Gasteiger partial charge >= 0.3 is 7.12 Å². The molecule has 2 aliphatic rings. The Bertz CT molecular complexity index is 937. The molecule has 2 nitrogen and oxygen atoms in total. The molecule has 1 unspecified atom stereocenters. The van der Waals surface area contributed by atoms with E-state index in [-0.39, 0.29) is 0 Å². The van der Waals surface area contributed by atoms with E-state index in [9.17, 15) is 0 Å². The number of alkyl halides is 1. The van der Waals surface area contributed by atoms with Gasteiger partial charge in [0.25, 0.3) is 0 Å². The average molecular weight is 533 g/mol. The topological polar surface area (TPSA) is 40.5 Å². The van der Waals surface area contributed by atoms with Crippen LogP contribution < -0.4 is 0 Å². The Morgan fingerprint density at radius 2 is 1.29 bits per heavy atom. The van der Waals surface area contributed by atoms with E-state index >= 15 is 0 Å². The first kappa shape index (κ1) is 31.9. The van der Waals surface area contributed by atoms with Gasteiger partial charge in [-0.25, -0.2) is 0 Å². The minimum atomic E-state index is -1.31. The summed E-state index contributed by atoms with van der Waals surface area (Å²) in [6, 6.07) is 21.0. The van der Waals surface area contributed by atoms with Crippen molar-refractivity contribution in [2.45, 2.75) is 82.4 Å². The Kier molecular flexibility index (Phi) is 18.1. The van der Waals surface area contributed by atoms with Gasteiger partial charge in [-0.2, -0.15) is 0 Å². The van der Waals surface area contributed by atoms with Gasteiger partial charge in [0.05, 0.1) is 5.38 Å². The van der Waals surface area contributed by atoms with E-state index in [1.54, 1.807) is 6.08 Å². The number of hydrogen-bond donors (Lipinski definition) is 2. The van der Waals surface area contributed by atoms with Crippen LogP contribution in [0.25, 0.3) is 0 Å². The summed E-state index contributed by atoms with van der Waals surface area (Å²) in [6.07, 6.45) is 29.7. The van der Waals surface area contributed by atoms with Gasteiger partial charge < -0.3 is 10.0 Å². The van der Waals surface area contributed by atoms with Crippen molar-refractivity contribution in [3.63, 3.8) is 0 Å². The molecular formula is C34H46BClO2. The fraction of sp³-hybridized carbons (Fsp3) is 0.412. The fourth-order valence-electron chi connectivity index (χ4n) is 4.40. The zero-order valence-corrected chi connectivity index (χ0v) is 23.6. The number of unbranched alkanes of at least 4 members (excludes halogenated alkanes) is 2. The lowest BCUT2D eigenvalue weighted by Crippen LogP contribution is -2.05. The minimum Gasteiger partial charge on any atom is -0.424 e. The first-order valence-electron chi connectivity index (χ1n) is 14.4. The van der Waals surface area contributed by atoms with Crippen molar-refractivity contribution >= 4 is 18.7 Å². The van der Waals surface area contributed by atoms with Crippen LogP contribution in [0.1, 0.15) is 75.3 Å². The molecule has 0 fully saturated rings. The van der Waals surface area contributed by atoms with Crippen molar-refractivity contribution in [3.05, 3.63) is 120 Å². The van der Waals surface area contributed by atoms with E-state index in [1.807, 2.05) is 18.2 Å². The molecule has 0 aromatic heterocycles. The Morgan fingerprint density at radius 3 is 1.74 bits per heavy atom. The van der Waals surface area contributed by atoms with Crippen LogP contribution in [0, 0.1) is 5.92 Å². The van der Waals surface area contributed by atoms with Crippen LogP contribution in [0.3, 0.4) is 0 Å². The standard InChI is InChI=1S/C17H22.C11H15BO2.C6H9Cl/c1-4-10-16(11-5-1)14-8-3-9-15-17-12-6-2-7-13-17;13-12(14)10-6-2-5-9-11-7-3-1-4-8-11;7-6-4-2-1-3-5-6/h1,4-6,9-12,15,17H,2-3,7-8,13-14H2;1,3-4,6-8,10,13-14H,2,5,9H2;2,4,6H,1,3,5H2/b15-9+;10-6+;/t17-;;/m0../s1. The van der Waals surface area contributed by atoms with Crippen LogP contribution >= 0.6 is 11.6 Å². The molecule has 0 radical (unpaired) electrons. The third-order valence-corrected chi connectivity index (χ3v) is 6.90. The fourth-order valence-corrected chi connectivity index (χ4v) is 4.65. The first-order chi connectivity index (χ1) is 18.6. The Labute approximate surface area is 237 Å². The largest absolute Gasteiger partial charge is 0.480 e. The number of benzene rings is 2. The van der Waals surface area contributed by atoms with E-state index in [1.165, 1.54) is 68.5 Å². The number of hydrogen-bond acceptors (Lipinski definition) is 2. The molecule has 0 amide bonds. The van der Waals surface area contributed by atoms with Gasteiger partial charge in [0, 0.05) is 0 Å². The van der Waals surface area contributed by atoms with Crippen molar-refractivity contribution < 1.29 is 10.0 Å². The molecule has 2 aliphatic carbocycles. The molecule has 38 heavy (non-hydrogen) atoms. The lowest BCUT2D eigenvalue weighted by atomic mass is 9.91. The van der Waals surface area contributed by atoms with Crippen molar-refractivity contribution in [1.29, 1.82) is 0 Å². The minimum absolute atomic E-state index is 0.328. The molecule has 0 saturated heterocycles. The third kappa shape index (κ3) is 17.2. The molecule has 2 N–H and O–H groups in total. The number of allylic oxidation sites excluding steroid dienone is 7. The SMILES string of the molecule is C1=C[C@H](/C=C/CCCc2ccccc2)CCC1.ClC1C=CCCC1.OB(O)/C=C/CCCc1ccccc1. The molecule has 4 heteroatoms. The molecule has 0 saturated carbocycles. The normalized spacial score (nSPS) is 18.5. The van der Waals surface area contributed by atoms with Gasteiger partial charge in [-0.15, -0.1) is 11.6 Å². The summed E-state index contributed by atoms with van der Waals surface area (Å²) >= 11 is 5.73. The maximum absolute atomic E-state index is 8.54. The van der Waals surface area contributed by atoms with Crippen LogP contribution in [0.5, 0.6) is 0 Å². The van der Waals surface area contributed by atoms with E-state index in [2.05, 4.69) is 78.9 Å². The van der Waals surface area contributed by atoms with Crippen LogP contribution in [0.2, 0.25) is 0 Å². The van der Waals surface area contributed by atoms with Gasteiger partial charge in [-0.3, -0.25) is 0 Å². The highest BCUT2D eigenvalue weighted by molar-refractivity contribution is 6.47. The highest BCUT2D eigenvalue weighted by Crippen LogP contribution is 2.18. The predicted octanol–water partition coefficient (Wildman–Crippen LogP) is 8.83. The van der Waals surface area contributed by atoms with E-state index in [0.717, 1.165) is 25.7 Å². The lowest BCUT2D eigenvalue weighted by molar-refractivity contribution is 0.424. The van der Waals surface area contributed by atoms with Crippen molar-refractivity contribution in [3.8, 4) is 0 Å². The van der Waals surface area contributed by atoms with Crippen LogP contribution in [-0.4, -0.2) is 22.5 Å². The molecular weight excluding hydrogens is 487 g/mol. The monoisotopic (exact) mass is 532 g/mol. The Morgan fingerprint density at radius 1 is 0.737 bits per heavy atom. The molecule has 2 aromatic rings. The zero-order valence-electron chi connectivity index (χ0n) is 22.9. The highest BCUT2D eigenvalue weighted by atomic mass is 35.5. The van der Waals surface area contributed by atoms with Gasteiger partial charge in [0.2, 0.25) is 0 Å². The van der Waals surface area contributed by atoms with Gasteiger partial charge in [0.1, 0.15) is 0 Å². The molecule has 4 rings (SSSR count). The molecule has 0 bridgehead atoms. The zero-order chi connectivity index (χ0) is 27.1. The molecule has 0 spiro atoms. The second-order valence-electron chi connectivity index (χ2n) is 9.92. The first-order valence-corrected chi connectivity index (χ1v) is 14.8. The average Bonchev–Trinajstić information content (AvgIpc) is 2.95. The van der Waals surface area contributed by atoms with Crippen LogP contribution in [-0.2, 0) is 12.8 Å². The van der Waals surface area contributed by atoms with E-state index in [0.29, 0.717) is 11.3 Å². The smallest absolute Gasteiger partial charge is 0.424 e. The van der Waals surface area contributed by atoms with Crippen LogP contribution in [0.4, 0.5) is 0 Å². The summed E-state index contributed by atoms with van der Waals surface area (Å²) in [5.41, 5.74) is 2.78. The Balaban J connectivity index is 0.000000217. The molecule has 2 aromatic carbocycles. The summed E-state index contributed by atoms with van der Waals surface area (Å²) in [7, 11) is -1.31. The van der Waals surface area contributed by atoms with Gasteiger partial charge in [-0.1, -0.05) is 109 Å². The molecule has 0 heterocycles. The number of aryl methyl sites for hydroxylation is 2. The predicted molar refractivity (Wildman–Crippen MR) is 166 cm³/mol. The molecule has 204 valence electrons. The van der Waals surface area contributed by atoms with E-state index < -0.39 is 7.12 Å². The maximum Gasteiger partial charge on any atom is 0.480 e. The number of rotatable bonds is 10. The second-order valence-corrected chi connectivity index (χ2v) is 10.5. The number of halogens is 1. The van der Waals surface area contributed by atoms with Crippen molar-refractivity contribution in [1.82, 2.24) is 0 Å². The summed E-state index contributed by atoms with van der Waals surface area (Å²) in [4.78, 5) is 0. The van der Waals surface area contributed by atoms with Gasteiger partial charge in [-0.05, 0) is 94.1 Å². The Hall–Kier alpha value is -2.33. The second kappa shape index (κ2) is 21.6. The summed E-state index contributed by atoms with van der Waals surface area (Å²) in [5.74, 6) is 2.10. The highest BCUT2D eigenvalue weighted by Gasteiger charge is 2.03. The summed E-state index contributed by atoms with van der Waals surface area (Å²) in [5, 5.41) is 17.4. The summed E-state index contributed by atoms with van der Waals surface area (Å²) < 4.78 is 0. The van der Waals surface area contributed by atoms with Crippen LogP contribution in [0.15, 0.2) is 109 Å². The van der Waals surface area contributed by atoms with Gasteiger partial charge in [0.15, 0.2) is 0 Å². The van der Waals surface area contributed by atoms with E-state index in [4.69, 9.17) is 21.6 Å². The van der Waals surface area contributed by atoms with Crippen molar-refractivity contribution in [2.75, 3.05) is 0 Å². The quantitative estimate of drug-likeness (QED) is 0.139. The van der Waals surface area contributed by atoms with Crippen molar-refractivity contribution in [2.24, 2.45) is 5.92 Å². The molecule has 0 aliphatic heterocycles. The summed E-state index contributed by atoms with van der Waals surface area (Å²) in [6.45, 7) is 0. The molecule has 2 atom stereocenters. The maximum atomic E-state index is 8.54. The third-order valence-electron chi connectivity index (χ3n) is 6.54.